The van der Waals surface area contributed by atoms with Crippen molar-refractivity contribution in [1.82, 2.24) is 16.0 Å². The number of amides is 4. The molecule has 6 nitrogen and oxygen atoms in total. The Morgan fingerprint density at radius 3 is 2.50 bits per heavy atom. The molecule has 2 saturated heterocycles. The standard InChI is InChI=1S/C10H10N4O2/c15-9-11-7-8(13-9)14(10(16)12-7)6-4-2-1-3-5-6/h1-5,7-8H,(H,12,16)(H2,11,13,15)/t7-,8-/m0/s1. The largest absolute Gasteiger partial charge is 0.325 e. The molecule has 0 bridgehead atoms. The minimum atomic E-state index is -0.361. The molecule has 1 aromatic carbocycles. The van der Waals surface area contributed by atoms with Crippen LogP contribution in [-0.4, -0.2) is 24.4 Å². The molecule has 6 heteroatoms. The van der Waals surface area contributed by atoms with Gasteiger partial charge >= 0.3 is 12.1 Å². The van der Waals surface area contributed by atoms with Crippen LogP contribution in [0, 0.1) is 0 Å². The predicted molar refractivity (Wildman–Crippen MR) is 56.7 cm³/mol. The van der Waals surface area contributed by atoms with Crippen molar-refractivity contribution >= 4 is 17.7 Å². The van der Waals surface area contributed by atoms with Gasteiger partial charge in [-0.05, 0) is 12.1 Å². The number of carbonyl (C=O) groups excluding carboxylic acids is 2. The van der Waals surface area contributed by atoms with Gasteiger partial charge in [0.25, 0.3) is 0 Å². The molecule has 0 saturated carbocycles. The fourth-order valence-electron chi connectivity index (χ4n) is 2.00. The summed E-state index contributed by atoms with van der Waals surface area (Å²) in [5.74, 6) is 0. The van der Waals surface area contributed by atoms with Crippen LogP contribution in [0.3, 0.4) is 0 Å². The number of nitrogens with zero attached hydrogens (tertiary/aromatic N) is 1. The summed E-state index contributed by atoms with van der Waals surface area (Å²) in [6.45, 7) is 0. The lowest BCUT2D eigenvalue weighted by Gasteiger charge is -2.20. The van der Waals surface area contributed by atoms with E-state index in [1.54, 1.807) is 0 Å². The maximum absolute atomic E-state index is 11.7. The van der Waals surface area contributed by atoms with Crippen LogP contribution in [0.1, 0.15) is 0 Å². The van der Waals surface area contributed by atoms with Gasteiger partial charge in [0.05, 0.1) is 0 Å². The normalized spacial score (nSPS) is 27.1. The first-order chi connectivity index (χ1) is 7.75. The van der Waals surface area contributed by atoms with Gasteiger partial charge in [-0.2, -0.15) is 0 Å². The highest BCUT2D eigenvalue weighted by atomic mass is 16.2. The number of hydrogen-bond donors (Lipinski definition) is 3. The van der Waals surface area contributed by atoms with Crippen molar-refractivity contribution in [2.24, 2.45) is 0 Å². The Hall–Kier alpha value is -2.24. The molecule has 3 N–H and O–H groups in total. The third-order valence-corrected chi connectivity index (χ3v) is 2.69. The molecule has 2 atom stereocenters. The summed E-state index contributed by atoms with van der Waals surface area (Å²) >= 11 is 0. The molecule has 2 aliphatic rings. The number of carbonyl (C=O) groups is 2. The van der Waals surface area contributed by atoms with E-state index in [2.05, 4.69) is 16.0 Å². The van der Waals surface area contributed by atoms with E-state index >= 15 is 0 Å². The van der Waals surface area contributed by atoms with E-state index in [4.69, 9.17) is 0 Å². The Labute approximate surface area is 91.6 Å². The lowest BCUT2D eigenvalue weighted by Crippen LogP contribution is -2.43. The molecule has 3 rings (SSSR count). The number of rotatable bonds is 1. The number of hydrogen-bond acceptors (Lipinski definition) is 2. The van der Waals surface area contributed by atoms with Crippen molar-refractivity contribution in [2.45, 2.75) is 12.3 Å². The van der Waals surface area contributed by atoms with Gasteiger partial charge in [0.2, 0.25) is 0 Å². The van der Waals surface area contributed by atoms with Crippen molar-refractivity contribution in [3.63, 3.8) is 0 Å². The van der Waals surface area contributed by atoms with Crippen LogP contribution in [0.25, 0.3) is 0 Å². The first-order valence-corrected chi connectivity index (χ1v) is 4.97. The zero-order valence-corrected chi connectivity index (χ0v) is 8.31. The zero-order chi connectivity index (χ0) is 11.1. The first kappa shape index (κ1) is 9.02. The Kier molecular flexibility index (Phi) is 1.76. The fourth-order valence-corrected chi connectivity index (χ4v) is 2.00. The molecule has 82 valence electrons. The van der Waals surface area contributed by atoms with E-state index in [-0.39, 0.29) is 24.4 Å². The van der Waals surface area contributed by atoms with Crippen molar-refractivity contribution in [3.05, 3.63) is 30.3 Å². The summed E-state index contributed by atoms with van der Waals surface area (Å²) in [5.41, 5.74) is 0.761. The van der Waals surface area contributed by atoms with Gasteiger partial charge < -0.3 is 16.0 Å². The topological polar surface area (TPSA) is 73.5 Å². The van der Waals surface area contributed by atoms with Crippen LogP contribution in [0.2, 0.25) is 0 Å². The van der Waals surface area contributed by atoms with Gasteiger partial charge in [-0.25, -0.2) is 9.59 Å². The molecule has 2 fully saturated rings. The molecule has 0 unspecified atom stereocenters. The molecule has 2 aliphatic heterocycles. The highest BCUT2D eigenvalue weighted by molar-refractivity contribution is 5.98. The van der Waals surface area contributed by atoms with Crippen LogP contribution in [-0.2, 0) is 0 Å². The second-order valence-corrected chi connectivity index (χ2v) is 3.70. The van der Waals surface area contributed by atoms with Gasteiger partial charge in [-0.1, -0.05) is 18.2 Å². The molecule has 0 aromatic heterocycles. The Balaban J connectivity index is 1.95. The van der Waals surface area contributed by atoms with E-state index in [9.17, 15) is 9.59 Å². The summed E-state index contributed by atoms with van der Waals surface area (Å²) < 4.78 is 0. The summed E-state index contributed by atoms with van der Waals surface area (Å²) in [4.78, 5) is 24.4. The molecule has 4 amide bonds. The first-order valence-electron chi connectivity index (χ1n) is 4.97. The maximum Gasteiger partial charge on any atom is 0.325 e. The summed E-state index contributed by atoms with van der Waals surface area (Å²) in [7, 11) is 0. The fraction of sp³-hybridized carbons (Fsp3) is 0.200. The molecule has 0 radical (unpaired) electrons. The van der Waals surface area contributed by atoms with Crippen LogP contribution in [0.15, 0.2) is 30.3 Å². The van der Waals surface area contributed by atoms with Crippen molar-refractivity contribution in [2.75, 3.05) is 4.90 Å². The van der Waals surface area contributed by atoms with Crippen molar-refractivity contribution in [3.8, 4) is 0 Å². The van der Waals surface area contributed by atoms with E-state index < -0.39 is 0 Å². The molecule has 0 aliphatic carbocycles. The van der Waals surface area contributed by atoms with Crippen LogP contribution >= 0.6 is 0 Å². The maximum atomic E-state index is 11.7. The number of urea groups is 2. The molecule has 2 heterocycles. The number of benzene rings is 1. The Morgan fingerprint density at radius 1 is 1.00 bits per heavy atom. The second kappa shape index (κ2) is 3.13. The average Bonchev–Trinajstić information content (AvgIpc) is 2.74. The Morgan fingerprint density at radius 2 is 1.75 bits per heavy atom. The lowest BCUT2D eigenvalue weighted by atomic mass is 10.3. The molecular weight excluding hydrogens is 208 g/mol. The van der Waals surface area contributed by atoms with Crippen LogP contribution < -0.4 is 20.9 Å². The third-order valence-electron chi connectivity index (χ3n) is 2.69. The van der Waals surface area contributed by atoms with Gasteiger partial charge in [0.15, 0.2) is 6.17 Å². The van der Waals surface area contributed by atoms with Crippen LogP contribution in [0.4, 0.5) is 15.3 Å². The van der Waals surface area contributed by atoms with Gasteiger partial charge in [0, 0.05) is 5.69 Å². The Bertz CT molecular complexity index is 447. The molecular formula is C10H10N4O2. The monoisotopic (exact) mass is 218 g/mol. The lowest BCUT2D eigenvalue weighted by molar-refractivity contribution is 0.242. The van der Waals surface area contributed by atoms with Crippen LogP contribution in [0.5, 0.6) is 0 Å². The predicted octanol–water partition coefficient (Wildman–Crippen LogP) is 0.181. The third kappa shape index (κ3) is 1.19. The zero-order valence-electron chi connectivity index (χ0n) is 8.31. The number of nitrogens with one attached hydrogen (secondary N) is 3. The molecule has 1 aromatic rings. The summed E-state index contributed by atoms with van der Waals surface area (Å²) in [6.07, 6.45) is -0.720. The highest BCUT2D eigenvalue weighted by Crippen LogP contribution is 2.22. The summed E-state index contributed by atoms with van der Waals surface area (Å²) in [6, 6.07) is 8.74. The van der Waals surface area contributed by atoms with E-state index in [0.29, 0.717) is 0 Å². The number of fused-ring (bicyclic) bond motifs is 1. The minimum absolute atomic E-state index is 0.214. The minimum Gasteiger partial charge on any atom is -0.314 e. The SMILES string of the molecule is O=C1N[C@H]2NC(=O)N(c3ccccc3)[C@@H]2N1. The van der Waals surface area contributed by atoms with Crippen molar-refractivity contribution < 1.29 is 9.59 Å². The summed E-state index contributed by atoms with van der Waals surface area (Å²) in [5, 5.41) is 8.00. The number of para-hydroxylation sites is 1. The van der Waals surface area contributed by atoms with E-state index in [1.165, 1.54) is 4.90 Å². The number of anilines is 1. The van der Waals surface area contributed by atoms with E-state index in [1.807, 2.05) is 30.3 Å². The average molecular weight is 218 g/mol. The van der Waals surface area contributed by atoms with E-state index in [0.717, 1.165) is 5.69 Å². The van der Waals surface area contributed by atoms with Gasteiger partial charge in [-0.15, -0.1) is 0 Å². The smallest absolute Gasteiger partial charge is 0.314 e. The van der Waals surface area contributed by atoms with Crippen molar-refractivity contribution in [1.29, 1.82) is 0 Å². The quantitative estimate of drug-likeness (QED) is 0.629. The van der Waals surface area contributed by atoms with Gasteiger partial charge in [-0.3, -0.25) is 4.90 Å². The van der Waals surface area contributed by atoms with Gasteiger partial charge in [0.1, 0.15) is 6.17 Å². The second-order valence-electron chi connectivity index (χ2n) is 3.70. The molecule has 0 spiro atoms. The molecule has 16 heavy (non-hydrogen) atoms. The highest BCUT2D eigenvalue weighted by Gasteiger charge is 2.46.